The lowest BCUT2D eigenvalue weighted by Gasteiger charge is -2.10. The number of primary amides is 1. The van der Waals surface area contributed by atoms with Gasteiger partial charge in [-0.25, -0.2) is 4.39 Å². The minimum Gasteiger partial charge on any atom is -0.369 e. The molecule has 1 unspecified atom stereocenters. The number of nitrogens with two attached hydrogens (primary N) is 2. The first-order chi connectivity index (χ1) is 6.15. The maximum absolute atomic E-state index is 12.5. The monoisotopic (exact) mass is 182 g/mol. The van der Waals surface area contributed by atoms with Crippen LogP contribution in [0.1, 0.15) is 11.5 Å². The Morgan fingerprint density at radius 1 is 1.38 bits per heavy atom. The van der Waals surface area contributed by atoms with E-state index in [1.54, 1.807) is 0 Å². The smallest absolute Gasteiger partial charge is 0.226 e. The Balaban J connectivity index is 2.92. The van der Waals surface area contributed by atoms with Crippen LogP contribution in [0.5, 0.6) is 0 Å². The minimum atomic E-state index is -0.527. The van der Waals surface area contributed by atoms with Crippen LogP contribution in [0.15, 0.2) is 24.3 Å². The molecule has 70 valence electrons. The highest BCUT2D eigenvalue weighted by atomic mass is 19.1. The van der Waals surface area contributed by atoms with Gasteiger partial charge in [0.2, 0.25) is 5.91 Å². The Morgan fingerprint density at radius 2 is 1.92 bits per heavy atom. The van der Waals surface area contributed by atoms with Gasteiger partial charge < -0.3 is 11.5 Å². The SMILES string of the molecule is NCC(C(N)=O)c1ccc(F)cc1. The second kappa shape index (κ2) is 4.00. The van der Waals surface area contributed by atoms with Crippen molar-refractivity contribution in [3.05, 3.63) is 35.6 Å². The molecule has 0 aliphatic carbocycles. The summed E-state index contributed by atoms with van der Waals surface area (Å²) in [6.07, 6.45) is 0. The Morgan fingerprint density at radius 3 is 2.31 bits per heavy atom. The van der Waals surface area contributed by atoms with Gasteiger partial charge in [-0.15, -0.1) is 0 Å². The van der Waals surface area contributed by atoms with E-state index in [1.807, 2.05) is 0 Å². The molecule has 1 rings (SSSR count). The van der Waals surface area contributed by atoms with Crippen molar-refractivity contribution in [2.24, 2.45) is 11.5 Å². The van der Waals surface area contributed by atoms with Crippen LogP contribution in [0.25, 0.3) is 0 Å². The molecule has 1 atom stereocenters. The van der Waals surface area contributed by atoms with E-state index in [4.69, 9.17) is 11.5 Å². The number of amides is 1. The molecule has 3 nitrogen and oxygen atoms in total. The normalized spacial score (nSPS) is 12.5. The molecule has 0 bridgehead atoms. The highest BCUT2D eigenvalue weighted by Gasteiger charge is 2.15. The van der Waals surface area contributed by atoms with E-state index in [2.05, 4.69) is 0 Å². The highest BCUT2D eigenvalue weighted by Crippen LogP contribution is 2.14. The van der Waals surface area contributed by atoms with Crippen molar-refractivity contribution in [2.45, 2.75) is 5.92 Å². The second-order valence-electron chi connectivity index (χ2n) is 2.74. The van der Waals surface area contributed by atoms with Gasteiger partial charge in [-0.3, -0.25) is 4.79 Å². The largest absolute Gasteiger partial charge is 0.369 e. The highest BCUT2D eigenvalue weighted by molar-refractivity contribution is 5.82. The maximum atomic E-state index is 12.5. The number of benzene rings is 1. The van der Waals surface area contributed by atoms with Crippen LogP contribution in [0, 0.1) is 5.82 Å². The molecule has 0 aromatic heterocycles. The lowest BCUT2D eigenvalue weighted by atomic mass is 9.99. The summed E-state index contributed by atoms with van der Waals surface area (Å²) in [7, 11) is 0. The van der Waals surface area contributed by atoms with Gasteiger partial charge in [0, 0.05) is 6.54 Å². The molecular formula is C9H11FN2O. The molecular weight excluding hydrogens is 171 g/mol. The maximum Gasteiger partial charge on any atom is 0.226 e. The average Bonchev–Trinajstić information content (AvgIpc) is 2.09. The molecule has 4 heteroatoms. The van der Waals surface area contributed by atoms with E-state index < -0.39 is 11.8 Å². The average molecular weight is 182 g/mol. The molecule has 0 radical (unpaired) electrons. The predicted molar refractivity (Wildman–Crippen MR) is 47.4 cm³/mol. The lowest BCUT2D eigenvalue weighted by molar-refractivity contribution is -0.119. The van der Waals surface area contributed by atoms with E-state index in [-0.39, 0.29) is 12.4 Å². The van der Waals surface area contributed by atoms with E-state index in [0.29, 0.717) is 5.56 Å². The number of carbonyl (C=O) groups excluding carboxylic acids is 1. The quantitative estimate of drug-likeness (QED) is 0.708. The Labute approximate surface area is 75.5 Å². The van der Waals surface area contributed by atoms with Crippen molar-refractivity contribution in [1.82, 2.24) is 0 Å². The Bertz CT molecular complexity index is 297. The van der Waals surface area contributed by atoms with Crippen LogP contribution in [0.4, 0.5) is 4.39 Å². The molecule has 0 saturated heterocycles. The molecule has 1 aromatic carbocycles. The molecule has 0 heterocycles. The fraction of sp³-hybridized carbons (Fsp3) is 0.222. The van der Waals surface area contributed by atoms with Crippen molar-refractivity contribution >= 4 is 5.91 Å². The summed E-state index contributed by atoms with van der Waals surface area (Å²) in [4.78, 5) is 10.9. The molecule has 0 aliphatic heterocycles. The van der Waals surface area contributed by atoms with Crippen molar-refractivity contribution in [2.75, 3.05) is 6.54 Å². The lowest BCUT2D eigenvalue weighted by Crippen LogP contribution is -2.27. The molecule has 0 aliphatic rings. The molecule has 13 heavy (non-hydrogen) atoms. The van der Waals surface area contributed by atoms with Gasteiger partial charge in [-0.05, 0) is 17.7 Å². The van der Waals surface area contributed by atoms with Crippen molar-refractivity contribution in [3.63, 3.8) is 0 Å². The third-order valence-corrected chi connectivity index (χ3v) is 1.85. The van der Waals surface area contributed by atoms with Crippen LogP contribution in [-0.2, 0) is 4.79 Å². The number of rotatable bonds is 3. The van der Waals surface area contributed by atoms with Crippen molar-refractivity contribution in [1.29, 1.82) is 0 Å². The van der Waals surface area contributed by atoms with Gasteiger partial charge in [-0.2, -0.15) is 0 Å². The third-order valence-electron chi connectivity index (χ3n) is 1.85. The first-order valence-electron chi connectivity index (χ1n) is 3.90. The Kier molecular flexibility index (Phi) is 2.97. The molecule has 1 amide bonds. The molecule has 1 aromatic rings. The van der Waals surface area contributed by atoms with Gasteiger partial charge in [0.05, 0.1) is 5.92 Å². The van der Waals surface area contributed by atoms with Crippen LogP contribution in [0.3, 0.4) is 0 Å². The third kappa shape index (κ3) is 2.26. The standard InChI is InChI=1S/C9H11FN2O/c10-7-3-1-6(2-4-7)8(5-11)9(12)13/h1-4,8H,5,11H2,(H2,12,13). The summed E-state index contributed by atoms with van der Waals surface area (Å²) in [6, 6.07) is 5.58. The van der Waals surface area contributed by atoms with Gasteiger partial charge in [-0.1, -0.05) is 12.1 Å². The predicted octanol–water partition coefficient (Wildman–Crippen LogP) is 0.353. The fourth-order valence-electron chi connectivity index (χ4n) is 1.11. The molecule has 4 N–H and O–H groups in total. The topological polar surface area (TPSA) is 69.1 Å². The van der Waals surface area contributed by atoms with Crippen LogP contribution in [0.2, 0.25) is 0 Å². The molecule has 0 fully saturated rings. The summed E-state index contributed by atoms with van der Waals surface area (Å²) in [5.41, 5.74) is 11.1. The summed E-state index contributed by atoms with van der Waals surface area (Å²) in [6.45, 7) is 0.140. The van der Waals surface area contributed by atoms with Crippen LogP contribution < -0.4 is 11.5 Å². The second-order valence-corrected chi connectivity index (χ2v) is 2.74. The number of hydrogen-bond donors (Lipinski definition) is 2. The minimum absolute atomic E-state index is 0.140. The summed E-state index contributed by atoms with van der Waals surface area (Å²) in [5.74, 6) is -1.36. The first kappa shape index (κ1) is 9.67. The number of hydrogen-bond acceptors (Lipinski definition) is 2. The molecule has 0 spiro atoms. The molecule has 0 saturated carbocycles. The van der Waals surface area contributed by atoms with Gasteiger partial charge in [0.1, 0.15) is 5.82 Å². The summed E-state index contributed by atoms with van der Waals surface area (Å²) < 4.78 is 12.5. The first-order valence-corrected chi connectivity index (χ1v) is 3.90. The van der Waals surface area contributed by atoms with Crippen molar-refractivity contribution < 1.29 is 9.18 Å². The summed E-state index contributed by atoms with van der Waals surface area (Å²) >= 11 is 0. The van der Waals surface area contributed by atoms with Gasteiger partial charge in [0.25, 0.3) is 0 Å². The fourth-order valence-corrected chi connectivity index (χ4v) is 1.11. The van der Waals surface area contributed by atoms with Crippen LogP contribution >= 0.6 is 0 Å². The van der Waals surface area contributed by atoms with E-state index in [1.165, 1.54) is 24.3 Å². The number of halogens is 1. The van der Waals surface area contributed by atoms with E-state index in [9.17, 15) is 9.18 Å². The zero-order valence-corrected chi connectivity index (χ0v) is 7.03. The number of carbonyl (C=O) groups is 1. The van der Waals surface area contributed by atoms with Gasteiger partial charge >= 0.3 is 0 Å². The summed E-state index contributed by atoms with van der Waals surface area (Å²) in [5, 5.41) is 0. The van der Waals surface area contributed by atoms with Gasteiger partial charge in [0.15, 0.2) is 0 Å². The van der Waals surface area contributed by atoms with E-state index >= 15 is 0 Å². The van der Waals surface area contributed by atoms with Crippen LogP contribution in [-0.4, -0.2) is 12.5 Å². The Hall–Kier alpha value is -1.42. The van der Waals surface area contributed by atoms with E-state index in [0.717, 1.165) is 0 Å². The van der Waals surface area contributed by atoms with Crippen molar-refractivity contribution in [3.8, 4) is 0 Å². The zero-order valence-electron chi connectivity index (χ0n) is 7.03. The zero-order chi connectivity index (χ0) is 9.84.